The van der Waals surface area contributed by atoms with Crippen molar-refractivity contribution >= 4 is 45.7 Å². The lowest BCUT2D eigenvalue weighted by Crippen LogP contribution is -2.30. The summed E-state index contributed by atoms with van der Waals surface area (Å²) in [6, 6.07) is 13.4. The highest BCUT2D eigenvalue weighted by molar-refractivity contribution is 7.13. The first-order valence-corrected chi connectivity index (χ1v) is 11.9. The molecule has 0 bridgehead atoms. The molecule has 0 saturated heterocycles. The lowest BCUT2D eigenvalue weighted by Gasteiger charge is -2.27. The predicted octanol–water partition coefficient (Wildman–Crippen LogP) is 5.29. The van der Waals surface area contributed by atoms with Gasteiger partial charge in [0.05, 0.1) is 27.2 Å². The Balaban J connectivity index is 1.45. The first kappa shape index (κ1) is 23.4. The number of carbonyl (C=O) groups excluding carboxylic acids is 2. The van der Waals surface area contributed by atoms with Gasteiger partial charge in [-0.1, -0.05) is 11.2 Å². The first-order chi connectivity index (χ1) is 16.4. The van der Waals surface area contributed by atoms with Crippen LogP contribution in [-0.2, 0) is 9.53 Å². The third-order valence-corrected chi connectivity index (χ3v) is 6.28. The highest BCUT2D eigenvalue weighted by atomic mass is 32.1. The topological polar surface area (TPSA) is 97.6 Å². The van der Waals surface area contributed by atoms with E-state index in [4.69, 9.17) is 9.26 Å². The first-order valence-electron chi connectivity index (χ1n) is 11.0. The quantitative estimate of drug-likeness (QED) is 0.344. The van der Waals surface area contributed by atoms with Crippen LogP contribution in [0, 0.1) is 6.92 Å². The SMILES string of the molecule is CCN(c1ccc(NC(=O)COC(=O)c2cc(-c3cccs3)nc3onc(C)c23)cc1)C(C)C. The molecular formula is C25H26N4O4S. The third kappa shape index (κ3) is 4.94. The van der Waals surface area contributed by atoms with Crippen molar-refractivity contribution in [3.8, 4) is 10.6 Å². The van der Waals surface area contributed by atoms with Crippen molar-refractivity contribution in [2.24, 2.45) is 0 Å². The molecule has 0 aliphatic heterocycles. The summed E-state index contributed by atoms with van der Waals surface area (Å²) in [5.74, 6) is -1.07. The van der Waals surface area contributed by atoms with Crippen LogP contribution in [0.15, 0.2) is 52.4 Å². The van der Waals surface area contributed by atoms with Gasteiger partial charge in [-0.3, -0.25) is 4.79 Å². The lowest BCUT2D eigenvalue weighted by atomic mass is 10.1. The number of benzene rings is 1. The maximum Gasteiger partial charge on any atom is 0.339 e. The van der Waals surface area contributed by atoms with Crippen molar-refractivity contribution in [1.82, 2.24) is 10.1 Å². The Kier molecular flexibility index (Phi) is 6.93. The van der Waals surface area contributed by atoms with Crippen LogP contribution in [0.3, 0.4) is 0 Å². The molecule has 0 unspecified atom stereocenters. The molecule has 0 atom stereocenters. The second kappa shape index (κ2) is 10.0. The Hall–Kier alpha value is -3.72. The molecule has 34 heavy (non-hydrogen) atoms. The number of thiophene rings is 1. The van der Waals surface area contributed by atoms with Gasteiger partial charge in [0.15, 0.2) is 6.61 Å². The number of anilines is 2. The number of ether oxygens (including phenoxy) is 1. The van der Waals surface area contributed by atoms with Gasteiger partial charge >= 0.3 is 5.97 Å². The van der Waals surface area contributed by atoms with E-state index in [-0.39, 0.29) is 11.3 Å². The van der Waals surface area contributed by atoms with E-state index in [1.54, 1.807) is 13.0 Å². The second-order valence-corrected chi connectivity index (χ2v) is 8.98. The van der Waals surface area contributed by atoms with Crippen LogP contribution < -0.4 is 10.2 Å². The fraction of sp³-hybridized carbons (Fsp3) is 0.280. The molecule has 0 saturated carbocycles. The van der Waals surface area contributed by atoms with E-state index >= 15 is 0 Å². The number of esters is 1. The number of hydrogen-bond donors (Lipinski definition) is 1. The second-order valence-electron chi connectivity index (χ2n) is 8.03. The molecule has 0 aliphatic rings. The van der Waals surface area contributed by atoms with Crippen molar-refractivity contribution in [2.45, 2.75) is 33.7 Å². The van der Waals surface area contributed by atoms with Gasteiger partial charge in [-0.15, -0.1) is 11.3 Å². The molecule has 4 rings (SSSR count). The Bertz CT molecular complexity index is 1300. The number of aromatic nitrogens is 2. The van der Waals surface area contributed by atoms with Gasteiger partial charge in [0.1, 0.15) is 0 Å². The molecule has 0 radical (unpaired) electrons. The molecule has 1 aromatic carbocycles. The Labute approximate surface area is 201 Å². The van der Waals surface area contributed by atoms with E-state index < -0.39 is 18.5 Å². The normalized spacial score (nSPS) is 11.1. The Morgan fingerprint density at radius 2 is 1.97 bits per heavy atom. The van der Waals surface area contributed by atoms with Crippen molar-refractivity contribution < 1.29 is 18.8 Å². The zero-order chi connectivity index (χ0) is 24.2. The number of hydrogen-bond acceptors (Lipinski definition) is 8. The minimum atomic E-state index is -0.641. The summed E-state index contributed by atoms with van der Waals surface area (Å²) in [5, 5.41) is 9.09. The number of nitrogens with zero attached hydrogens (tertiary/aromatic N) is 3. The molecule has 176 valence electrons. The van der Waals surface area contributed by atoms with Crippen molar-refractivity contribution in [1.29, 1.82) is 0 Å². The zero-order valence-corrected chi connectivity index (χ0v) is 20.3. The van der Waals surface area contributed by atoms with Crippen LogP contribution in [0.25, 0.3) is 21.7 Å². The summed E-state index contributed by atoms with van der Waals surface area (Å²) in [5.41, 5.74) is 3.33. The van der Waals surface area contributed by atoms with E-state index in [9.17, 15) is 9.59 Å². The van der Waals surface area contributed by atoms with Gasteiger partial charge in [-0.05, 0) is 69.5 Å². The van der Waals surface area contributed by atoms with Crippen molar-refractivity contribution in [2.75, 3.05) is 23.4 Å². The van der Waals surface area contributed by atoms with Crippen LogP contribution in [0.5, 0.6) is 0 Å². The van der Waals surface area contributed by atoms with Gasteiger partial charge in [-0.2, -0.15) is 0 Å². The van der Waals surface area contributed by atoms with Crippen LogP contribution in [-0.4, -0.2) is 41.2 Å². The number of carbonyl (C=O) groups is 2. The predicted molar refractivity (Wildman–Crippen MR) is 133 cm³/mol. The molecule has 0 fully saturated rings. The van der Waals surface area contributed by atoms with Gasteiger partial charge in [-0.25, -0.2) is 9.78 Å². The molecule has 1 N–H and O–H groups in total. The molecule has 3 heterocycles. The summed E-state index contributed by atoms with van der Waals surface area (Å²) in [6.45, 7) is 8.57. The van der Waals surface area contributed by atoms with Gasteiger partial charge in [0.2, 0.25) is 0 Å². The standard InChI is InChI=1S/C25H26N4O4S/c1-5-29(15(2)3)18-10-8-17(9-11-18)26-22(30)14-32-25(31)19-13-20(21-7-6-12-34-21)27-24-23(19)16(4)28-33-24/h6-13,15H,5,14H2,1-4H3,(H,26,30). The lowest BCUT2D eigenvalue weighted by molar-refractivity contribution is -0.119. The molecule has 3 aromatic heterocycles. The van der Waals surface area contributed by atoms with E-state index in [1.807, 2.05) is 41.8 Å². The minimum Gasteiger partial charge on any atom is -0.452 e. The Morgan fingerprint density at radius 1 is 1.21 bits per heavy atom. The maximum atomic E-state index is 12.9. The molecular weight excluding hydrogens is 452 g/mol. The number of pyridine rings is 1. The summed E-state index contributed by atoms with van der Waals surface area (Å²) in [4.78, 5) is 32.9. The number of aryl methyl sites for hydroxylation is 1. The average molecular weight is 479 g/mol. The van der Waals surface area contributed by atoms with E-state index in [0.29, 0.717) is 28.5 Å². The molecule has 9 heteroatoms. The van der Waals surface area contributed by atoms with Crippen LogP contribution in [0.2, 0.25) is 0 Å². The van der Waals surface area contributed by atoms with E-state index in [0.717, 1.165) is 17.1 Å². The summed E-state index contributed by atoms with van der Waals surface area (Å²) < 4.78 is 10.6. The highest BCUT2D eigenvalue weighted by Gasteiger charge is 2.21. The smallest absolute Gasteiger partial charge is 0.339 e. The zero-order valence-electron chi connectivity index (χ0n) is 19.5. The Morgan fingerprint density at radius 3 is 2.62 bits per heavy atom. The number of nitrogens with one attached hydrogen (secondary N) is 1. The average Bonchev–Trinajstić information content (AvgIpc) is 3.49. The number of rotatable bonds is 8. The maximum absolute atomic E-state index is 12.9. The summed E-state index contributed by atoms with van der Waals surface area (Å²) >= 11 is 1.49. The van der Waals surface area contributed by atoms with Crippen LogP contribution >= 0.6 is 11.3 Å². The van der Waals surface area contributed by atoms with Gasteiger partial charge in [0, 0.05) is 24.0 Å². The molecule has 0 spiro atoms. The summed E-state index contributed by atoms with van der Waals surface area (Å²) in [6.07, 6.45) is 0. The number of fused-ring (bicyclic) bond motifs is 1. The highest BCUT2D eigenvalue weighted by Crippen LogP contribution is 2.29. The van der Waals surface area contributed by atoms with Crippen molar-refractivity contribution in [3.05, 3.63) is 59.1 Å². The van der Waals surface area contributed by atoms with Crippen LogP contribution in [0.1, 0.15) is 36.8 Å². The molecule has 0 aliphatic carbocycles. The van der Waals surface area contributed by atoms with Gasteiger partial charge in [0.25, 0.3) is 11.6 Å². The minimum absolute atomic E-state index is 0.252. The fourth-order valence-corrected chi connectivity index (χ4v) is 4.48. The largest absolute Gasteiger partial charge is 0.452 e. The monoisotopic (exact) mass is 478 g/mol. The van der Waals surface area contributed by atoms with E-state index in [1.165, 1.54) is 11.3 Å². The van der Waals surface area contributed by atoms with E-state index in [2.05, 4.69) is 41.1 Å². The third-order valence-electron chi connectivity index (χ3n) is 5.39. The molecule has 8 nitrogen and oxygen atoms in total. The number of amides is 1. The van der Waals surface area contributed by atoms with Crippen molar-refractivity contribution in [3.63, 3.8) is 0 Å². The summed E-state index contributed by atoms with van der Waals surface area (Å²) in [7, 11) is 0. The fourth-order valence-electron chi connectivity index (χ4n) is 3.79. The molecule has 4 aromatic rings. The molecule has 1 amide bonds. The van der Waals surface area contributed by atoms with Gasteiger partial charge < -0.3 is 19.5 Å². The van der Waals surface area contributed by atoms with Crippen LogP contribution in [0.4, 0.5) is 11.4 Å².